The van der Waals surface area contributed by atoms with Gasteiger partial charge in [0, 0.05) is 24.2 Å². The predicted octanol–water partition coefficient (Wildman–Crippen LogP) is 3.51. The number of urea groups is 1. The first-order chi connectivity index (χ1) is 11.0. The van der Waals surface area contributed by atoms with Gasteiger partial charge >= 0.3 is 6.03 Å². The molecule has 1 aromatic carbocycles. The van der Waals surface area contributed by atoms with Gasteiger partial charge in [-0.1, -0.05) is 6.92 Å². The number of hydrogen-bond acceptors (Lipinski definition) is 4. The second kappa shape index (κ2) is 7.68. The topological polar surface area (TPSA) is 83.1 Å². The van der Waals surface area contributed by atoms with Crippen LogP contribution in [0.5, 0.6) is 0 Å². The van der Waals surface area contributed by atoms with Crippen LogP contribution in [0.2, 0.25) is 0 Å². The van der Waals surface area contributed by atoms with E-state index in [1.54, 1.807) is 6.20 Å². The summed E-state index contributed by atoms with van der Waals surface area (Å²) in [4.78, 5) is 27.3. The van der Waals surface area contributed by atoms with Crippen molar-refractivity contribution in [3.8, 4) is 0 Å². The highest BCUT2D eigenvalue weighted by atomic mass is 32.1. The van der Waals surface area contributed by atoms with Crippen LogP contribution in [-0.2, 0) is 4.79 Å². The van der Waals surface area contributed by atoms with E-state index < -0.39 is 11.8 Å². The number of nitrogens with one attached hydrogen (secondary N) is 3. The molecular formula is C15H17FN4O2S. The van der Waals surface area contributed by atoms with Crippen LogP contribution in [0, 0.1) is 5.82 Å². The number of rotatable bonds is 5. The van der Waals surface area contributed by atoms with Gasteiger partial charge in [0.05, 0.1) is 11.7 Å². The van der Waals surface area contributed by atoms with Crippen molar-refractivity contribution in [2.24, 2.45) is 0 Å². The first kappa shape index (κ1) is 16.9. The van der Waals surface area contributed by atoms with E-state index in [1.165, 1.54) is 36.5 Å². The zero-order valence-electron chi connectivity index (χ0n) is 12.7. The molecule has 0 spiro atoms. The molecule has 1 unspecified atom stereocenters. The minimum absolute atomic E-state index is 0.0114. The van der Waals surface area contributed by atoms with Crippen LogP contribution < -0.4 is 16.0 Å². The smallest absolute Gasteiger partial charge is 0.319 e. The van der Waals surface area contributed by atoms with Crippen LogP contribution in [0.25, 0.3) is 0 Å². The molecule has 0 aliphatic carbocycles. The Balaban J connectivity index is 2.06. The molecule has 122 valence electrons. The Labute approximate surface area is 137 Å². The largest absolute Gasteiger partial charge is 0.329 e. The maximum absolute atomic E-state index is 13.8. The van der Waals surface area contributed by atoms with Crippen molar-refractivity contribution in [1.82, 2.24) is 10.3 Å². The van der Waals surface area contributed by atoms with Crippen molar-refractivity contribution in [2.75, 3.05) is 10.6 Å². The molecular weight excluding hydrogens is 319 g/mol. The molecule has 23 heavy (non-hydrogen) atoms. The minimum atomic E-state index is -0.587. The summed E-state index contributed by atoms with van der Waals surface area (Å²) in [7, 11) is 0. The molecule has 0 saturated carbocycles. The van der Waals surface area contributed by atoms with E-state index in [0.29, 0.717) is 12.1 Å². The van der Waals surface area contributed by atoms with Gasteiger partial charge in [-0.05, 0) is 24.6 Å². The summed E-state index contributed by atoms with van der Waals surface area (Å²) >= 11 is 1.44. The van der Waals surface area contributed by atoms with Crippen LogP contribution in [0.15, 0.2) is 29.8 Å². The van der Waals surface area contributed by atoms with Gasteiger partial charge in [-0.15, -0.1) is 11.3 Å². The van der Waals surface area contributed by atoms with E-state index in [0.717, 1.165) is 5.01 Å². The Morgan fingerprint density at radius 2 is 2.13 bits per heavy atom. The number of hydrogen-bond donors (Lipinski definition) is 3. The third-order valence-electron chi connectivity index (χ3n) is 3.00. The molecule has 8 heteroatoms. The van der Waals surface area contributed by atoms with E-state index >= 15 is 0 Å². The Hall–Kier alpha value is -2.48. The Morgan fingerprint density at radius 1 is 1.35 bits per heavy atom. The second-order valence-corrected chi connectivity index (χ2v) is 5.73. The standard InChI is InChI=1S/C15H17FN4O2S/c1-3-12(14-17-6-7-23-14)19-15(22)20-13-8-10(18-9(2)21)4-5-11(13)16/h4-8,12H,3H2,1-2H3,(H,18,21)(H2,19,20,22). The van der Waals surface area contributed by atoms with Gasteiger partial charge in [0.2, 0.25) is 5.91 Å². The first-order valence-electron chi connectivity index (χ1n) is 7.03. The fourth-order valence-electron chi connectivity index (χ4n) is 1.96. The van der Waals surface area contributed by atoms with Crippen LogP contribution in [0.3, 0.4) is 0 Å². The lowest BCUT2D eigenvalue weighted by atomic mass is 10.2. The molecule has 3 amide bonds. The van der Waals surface area contributed by atoms with E-state index in [-0.39, 0.29) is 17.6 Å². The third kappa shape index (κ3) is 4.75. The van der Waals surface area contributed by atoms with Crippen LogP contribution in [0.4, 0.5) is 20.6 Å². The van der Waals surface area contributed by atoms with E-state index in [1.807, 2.05) is 12.3 Å². The van der Waals surface area contributed by atoms with Gasteiger partial charge in [0.15, 0.2) is 0 Å². The fraction of sp³-hybridized carbons (Fsp3) is 0.267. The lowest BCUT2D eigenvalue weighted by Gasteiger charge is -2.16. The minimum Gasteiger partial charge on any atom is -0.329 e. The summed E-state index contributed by atoms with van der Waals surface area (Å²) in [5.41, 5.74) is 0.393. The SMILES string of the molecule is CCC(NC(=O)Nc1cc(NC(C)=O)ccc1F)c1nccs1. The van der Waals surface area contributed by atoms with Crippen LogP contribution >= 0.6 is 11.3 Å². The second-order valence-electron chi connectivity index (χ2n) is 4.81. The number of aromatic nitrogens is 1. The van der Waals surface area contributed by atoms with Gasteiger partial charge < -0.3 is 16.0 Å². The first-order valence-corrected chi connectivity index (χ1v) is 7.91. The molecule has 1 heterocycles. The molecule has 2 aromatic rings. The Kier molecular flexibility index (Phi) is 5.64. The molecule has 3 N–H and O–H groups in total. The number of amides is 3. The molecule has 0 saturated heterocycles. The quantitative estimate of drug-likeness (QED) is 0.781. The normalized spacial score (nSPS) is 11.6. The monoisotopic (exact) mass is 336 g/mol. The summed E-state index contributed by atoms with van der Waals surface area (Å²) in [5, 5.41) is 10.3. The van der Waals surface area contributed by atoms with Crippen molar-refractivity contribution >= 4 is 34.6 Å². The lowest BCUT2D eigenvalue weighted by Crippen LogP contribution is -2.32. The molecule has 0 aliphatic heterocycles. The number of nitrogens with zero attached hydrogens (tertiary/aromatic N) is 1. The summed E-state index contributed by atoms with van der Waals surface area (Å²) < 4.78 is 13.8. The summed E-state index contributed by atoms with van der Waals surface area (Å²) in [6.07, 6.45) is 2.33. The zero-order chi connectivity index (χ0) is 16.8. The number of anilines is 2. The molecule has 0 radical (unpaired) electrons. The number of carbonyl (C=O) groups is 2. The third-order valence-corrected chi connectivity index (χ3v) is 3.89. The maximum atomic E-state index is 13.8. The summed E-state index contributed by atoms with van der Waals surface area (Å²) in [6.45, 7) is 3.27. The van der Waals surface area contributed by atoms with Crippen molar-refractivity contribution in [3.05, 3.63) is 40.6 Å². The van der Waals surface area contributed by atoms with Gasteiger partial charge in [-0.2, -0.15) is 0 Å². The van der Waals surface area contributed by atoms with Gasteiger partial charge in [0.1, 0.15) is 10.8 Å². The molecule has 0 bridgehead atoms. The van der Waals surface area contributed by atoms with Crippen LogP contribution in [-0.4, -0.2) is 16.9 Å². The predicted molar refractivity (Wildman–Crippen MR) is 88.0 cm³/mol. The number of benzene rings is 1. The molecule has 0 aliphatic rings. The van der Waals surface area contributed by atoms with Gasteiger partial charge in [-0.3, -0.25) is 4.79 Å². The lowest BCUT2D eigenvalue weighted by molar-refractivity contribution is -0.114. The average Bonchev–Trinajstić information content (AvgIpc) is 3.02. The maximum Gasteiger partial charge on any atom is 0.319 e. The summed E-state index contributed by atoms with van der Waals surface area (Å²) in [6, 6.07) is 3.19. The van der Waals surface area contributed by atoms with E-state index in [4.69, 9.17) is 0 Å². The summed E-state index contributed by atoms with van der Waals surface area (Å²) in [5.74, 6) is -0.863. The molecule has 1 atom stereocenters. The van der Waals surface area contributed by atoms with Gasteiger partial charge in [0.25, 0.3) is 0 Å². The van der Waals surface area contributed by atoms with E-state index in [2.05, 4.69) is 20.9 Å². The van der Waals surface area contributed by atoms with Crippen molar-refractivity contribution < 1.29 is 14.0 Å². The van der Waals surface area contributed by atoms with Crippen molar-refractivity contribution in [1.29, 1.82) is 0 Å². The Bertz CT molecular complexity index is 691. The Morgan fingerprint density at radius 3 is 2.74 bits per heavy atom. The highest BCUT2D eigenvalue weighted by Gasteiger charge is 2.16. The number of carbonyl (C=O) groups excluding carboxylic acids is 2. The highest BCUT2D eigenvalue weighted by molar-refractivity contribution is 7.09. The van der Waals surface area contributed by atoms with Gasteiger partial charge in [-0.25, -0.2) is 14.2 Å². The van der Waals surface area contributed by atoms with E-state index in [9.17, 15) is 14.0 Å². The molecule has 1 aromatic heterocycles. The van der Waals surface area contributed by atoms with Crippen molar-refractivity contribution in [3.63, 3.8) is 0 Å². The molecule has 2 rings (SSSR count). The van der Waals surface area contributed by atoms with Crippen molar-refractivity contribution in [2.45, 2.75) is 26.3 Å². The van der Waals surface area contributed by atoms with Crippen LogP contribution in [0.1, 0.15) is 31.3 Å². The molecule has 6 nitrogen and oxygen atoms in total. The highest BCUT2D eigenvalue weighted by Crippen LogP contribution is 2.21. The fourth-order valence-corrected chi connectivity index (χ4v) is 2.74. The average molecular weight is 336 g/mol. The number of thiazole rings is 1. The molecule has 0 fully saturated rings. The number of halogens is 1. The zero-order valence-corrected chi connectivity index (χ0v) is 13.5.